The third-order valence-corrected chi connectivity index (χ3v) is 10.2. The van der Waals surface area contributed by atoms with Gasteiger partial charge in [-0.1, -0.05) is 10.3 Å². The molecule has 18 heteroatoms. The lowest BCUT2D eigenvalue weighted by Crippen LogP contribution is -2.47. The van der Waals surface area contributed by atoms with Gasteiger partial charge in [-0.15, -0.1) is 0 Å². The van der Waals surface area contributed by atoms with Crippen LogP contribution < -0.4 is 10.6 Å². The van der Waals surface area contributed by atoms with Crippen molar-refractivity contribution in [3.8, 4) is 0 Å². The molecule has 2 aliphatic carbocycles. The number of rotatable bonds is 12. The minimum Gasteiger partial charge on any atom is -0.495 e. The Morgan fingerprint density at radius 2 is 1.13 bits per heavy atom. The van der Waals surface area contributed by atoms with Crippen molar-refractivity contribution in [2.45, 2.75) is 69.4 Å². The second kappa shape index (κ2) is 15.7. The van der Waals surface area contributed by atoms with Gasteiger partial charge >= 0.3 is 11.9 Å². The summed E-state index contributed by atoms with van der Waals surface area (Å²) in [6, 6.07) is 0. The number of carbonyl (C=O) groups excluding carboxylic acids is 4. The second-order valence-electron chi connectivity index (χ2n) is 10.8. The lowest BCUT2D eigenvalue weighted by molar-refractivity contribution is -0.157. The third-order valence-electron chi connectivity index (χ3n) is 7.42. The molecule has 0 saturated heterocycles. The molecule has 0 aromatic heterocycles. The van der Waals surface area contributed by atoms with Crippen LogP contribution in [0.25, 0.3) is 0 Å². The quantitative estimate of drug-likeness (QED) is 0.212. The number of amides is 2. The van der Waals surface area contributed by atoms with Crippen LogP contribution >= 0.6 is 63.7 Å². The van der Waals surface area contributed by atoms with Gasteiger partial charge < -0.3 is 39.3 Å². The SMILES string of the molecule is COC1=C(Br)C(OC(C)=O)C2(C=C1Br)CC(C(=O)NCCCCCNC(=O)C1=NOC3(C=C(Br)C(OC)=C(Br)C3OC(C)=O)C1)=NO2. The number of ether oxygens (including phenoxy) is 4. The number of hydrogen-bond acceptors (Lipinski definition) is 12. The molecule has 2 N–H and O–H groups in total. The molecule has 2 heterocycles. The van der Waals surface area contributed by atoms with E-state index >= 15 is 0 Å². The molecule has 0 radical (unpaired) electrons. The van der Waals surface area contributed by atoms with E-state index in [4.69, 9.17) is 28.6 Å². The van der Waals surface area contributed by atoms with Gasteiger partial charge in [0.25, 0.3) is 11.8 Å². The van der Waals surface area contributed by atoms with E-state index in [0.29, 0.717) is 61.8 Å². The highest BCUT2D eigenvalue weighted by atomic mass is 79.9. The number of methoxy groups -OCH3 is 2. The number of nitrogens with zero attached hydrogens (tertiary/aromatic N) is 2. The first-order chi connectivity index (χ1) is 22.3. The van der Waals surface area contributed by atoms with Gasteiger partial charge in [0.15, 0.2) is 12.2 Å². The molecular formula is C29H32Br4N4O10. The summed E-state index contributed by atoms with van der Waals surface area (Å²) in [6.45, 7) is 3.30. The molecule has 47 heavy (non-hydrogen) atoms. The normalized spacial score (nSPS) is 26.5. The second-order valence-corrected chi connectivity index (χ2v) is 14.2. The highest BCUT2D eigenvalue weighted by Gasteiger charge is 2.54. The summed E-state index contributed by atoms with van der Waals surface area (Å²) in [7, 11) is 2.96. The molecule has 0 aromatic rings. The van der Waals surface area contributed by atoms with E-state index in [0.717, 1.165) is 0 Å². The molecular weight excluding hydrogens is 884 g/mol. The fourth-order valence-electron chi connectivity index (χ4n) is 5.28. The van der Waals surface area contributed by atoms with Crippen LogP contribution in [0.3, 0.4) is 0 Å². The van der Waals surface area contributed by atoms with Crippen LogP contribution in [0.2, 0.25) is 0 Å². The zero-order chi connectivity index (χ0) is 34.5. The van der Waals surface area contributed by atoms with Crippen molar-refractivity contribution in [2.24, 2.45) is 10.3 Å². The van der Waals surface area contributed by atoms with E-state index in [1.54, 1.807) is 12.2 Å². The first kappa shape index (κ1) is 37.1. The summed E-state index contributed by atoms with van der Waals surface area (Å²) in [5.41, 5.74) is -2.15. The minimum atomic E-state index is -1.23. The molecule has 2 spiro atoms. The van der Waals surface area contributed by atoms with Crippen LogP contribution in [-0.4, -0.2) is 85.9 Å². The Morgan fingerprint density at radius 3 is 1.47 bits per heavy atom. The number of hydrogen-bond donors (Lipinski definition) is 2. The number of carbonyl (C=O) groups is 4. The Hall–Kier alpha value is -2.70. The summed E-state index contributed by atoms with van der Waals surface area (Å²) < 4.78 is 23.8. The first-order valence-corrected chi connectivity index (χ1v) is 17.5. The smallest absolute Gasteiger partial charge is 0.303 e. The van der Waals surface area contributed by atoms with E-state index in [2.05, 4.69) is 84.7 Å². The first-order valence-electron chi connectivity index (χ1n) is 14.3. The highest BCUT2D eigenvalue weighted by Crippen LogP contribution is 2.47. The van der Waals surface area contributed by atoms with Crippen LogP contribution in [0.5, 0.6) is 0 Å². The van der Waals surface area contributed by atoms with Gasteiger partial charge in [-0.05, 0) is 95.1 Å². The van der Waals surface area contributed by atoms with E-state index in [1.807, 2.05) is 0 Å². The number of nitrogens with one attached hydrogen (secondary N) is 2. The fourth-order valence-corrected chi connectivity index (χ4v) is 9.05. The van der Waals surface area contributed by atoms with Crippen LogP contribution in [-0.2, 0) is 47.8 Å². The van der Waals surface area contributed by atoms with Crippen LogP contribution in [0.15, 0.2) is 51.9 Å². The van der Waals surface area contributed by atoms with Crippen molar-refractivity contribution in [1.29, 1.82) is 0 Å². The molecule has 0 saturated carbocycles. The number of unbranched alkanes of at least 4 members (excludes halogenated alkanes) is 2. The maximum Gasteiger partial charge on any atom is 0.303 e. The molecule has 4 rings (SSSR count). The third kappa shape index (κ3) is 8.13. The van der Waals surface area contributed by atoms with Gasteiger partial charge in [0, 0.05) is 39.8 Å². The monoisotopic (exact) mass is 912 g/mol. The largest absolute Gasteiger partial charge is 0.495 e. The summed E-state index contributed by atoms with van der Waals surface area (Å²) in [5.74, 6) is -1.00. The Kier molecular flexibility index (Phi) is 12.4. The average Bonchev–Trinajstić information content (AvgIpc) is 3.63. The molecule has 14 nitrogen and oxygen atoms in total. The van der Waals surface area contributed by atoms with Crippen molar-refractivity contribution in [3.05, 3.63) is 41.6 Å². The Bertz CT molecular complexity index is 1410. The zero-order valence-electron chi connectivity index (χ0n) is 25.7. The maximum absolute atomic E-state index is 12.9. The Labute approximate surface area is 304 Å². The highest BCUT2D eigenvalue weighted by molar-refractivity contribution is 9.12. The molecule has 4 atom stereocenters. The molecule has 256 valence electrons. The molecule has 0 fully saturated rings. The van der Waals surface area contributed by atoms with E-state index in [9.17, 15) is 19.2 Å². The van der Waals surface area contributed by atoms with E-state index in [1.165, 1.54) is 28.1 Å². The summed E-state index contributed by atoms with van der Waals surface area (Å²) in [5, 5.41) is 13.7. The van der Waals surface area contributed by atoms with E-state index < -0.39 is 47.2 Å². The molecule has 2 aliphatic heterocycles. The minimum absolute atomic E-state index is 0.0635. The molecule has 2 amide bonds. The Balaban J connectivity index is 1.20. The lowest BCUT2D eigenvalue weighted by Gasteiger charge is -2.35. The van der Waals surface area contributed by atoms with Gasteiger partial charge in [-0.25, -0.2) is 0 Å². The van der Waals surface area contributed by atoms with Crippen molar-refractivity contribution < 1.29 is 47.8 Å². The van der Waals surface area contributed by atoms with Gasteiger partial charge in [-0.2, -0.15) is 0 Å². The molecule has 0 bridgehead atoms. The van der Waals surface area contributed by atoms with Crippen molar-refractivity contribution >= 4 is 98.9 Å². The zero-order valence-corrected chi connectivity index (χ0v) is 32.1. The number of halogens is 4. The van der Waals surface area contributed by atoms with E-state index in [-0.39, 0.29) is 24.3 Å². The van der Waals surface area contributed by atoms with Crippen molar-refractivity contribution in [2.75, 3.05) is 27.3 Å². The predicted molar refractivity (Wildman–Crippen MR) is 183 cm³/mol. The average molecular weight is 916 g/mol. The molecule has 4 unspecified atom stereocenters. The Morgan fingerprint density at radius 1 is 0.745 bits per heavy atom. The summed E-state index contributed by atoms with van der Waals surface area (Å²) in [4.78, 5) is 60.7. The predicted octanol–water partition coefficient (Wildman–Crippen LogP) is 4.37. The standard InChI is InChI=1S/C29H32Br4N4O10/c1-14(38)44-24-20(32)22(42-3)16(30)10-28(24)12-18(36-46-28)26(40)34-8-6-5-7-9-35-27(41)19-13-29(47-37-19)11-17(31)23(43-4)21(33)25(29)45-15(2)39/h10-11,24-25H,5-9,12-13H2,1-4H3,(H,34,40)(H,35,41). The van der Waals surface area contributed by atoms with Crippen LogP contribution in [0, 0.1) is 0 Å². The summed E-state index contributed by atoms with van der Waals surface area (Å²) in [6.07, 6.45) is 3.64. The lowest BCUT2D eigenvalue weighted by atomic mass is 9.86. The number of esters is 2. The van der Waals surface area contributed by atoms with Crippen molar-refractivity contribution in [3.63, 3.8) is 0 Å². The molecule has 0 aromatic carbocycles. The van der Waals surface area contributed by atoms with Crippen LogP contribution in [0.1, 0.15) is 46.0 Å². The summed E-state index contributed by atoms with van der Waals surface area (Å²) >= 11 is 13.7. The fraction of sp³-hybridized carbons (Fsp3) is 0.517. The van der Waals surface area contributed by atoms with Gasteiger partial charge in [0.1, 0.15) is 22.9 Å². The van der Waals surface area contributed by atoms with Gasteiger partial charge in [0.05, 0.1) is 32.1 Å². The van der Waals surface area contributed by atoms with Gasteiger partial charge in [0.2, 0.25) is 11.2 Å². The number of oxime groups is 2. The topological polar surface area (TPSA) is 172 Å². The number of allylic oxidation sites excluding steroid dienone is 2. The van der Waals surface area contributed by atoms with Crippen molar-refractivity contribution in [1.82, 2.24) is 10.6 Å². The van der Waals surface area contributed by atoms with Gasteiger partial charge in [-0.3, -0.25) is 19.2 Å². The molecule has 4 aliphatic rings. The van der Waals surface area contributed by atoms with Crippen LogP contribution in [0.4, 0.5) is 0 Å². The maximum atomic E-state index is 12.9.